The van der Waals surface area contributed by atoms with Gasteiger partial charge in [0.2, 0.25) is 4.34 Å². The molecule has 4 rings (SSSR count). The first-order valence-corrected chi connectivity index (χ1v) is 13.5. The monoisotopic (exact) mass is 532 g/mol. The second kappa shape index (κ2) is 10.1. The van der Waals surface area contributed by atoms with Crippen LogP contribution in [0.1, 0.15) is 34.1 Å². The molecule has 1 aromatic heterocycles. The van der Waals surface area contributed by atoms with E-state index in [0.29, 0.717) is 36.1 Å². The summed E-state index contributed by atoms with van der Waals surface area (Å²) in [5.74, 6) is -0.143. The van der Waals surface area contributed by atoms with E-state index >= 15 is 0 Å². The number of thiazole rings is 1. The topological polar surface area (TPSA) is 115 Å². The molecule has 0 amide bonds. The molecule has 1 fully saturated rings. The predicted molar refractivity (Wildman–Crippen MR) is 136 cm³/mol. The van der Waals surface area contributed by atoms with Crippen molar-refractivity contribution in [2.24, 2.45) is 5.41 Å². The summed E-state index contributed by atoms with van der Waals surface area (Å²) in [4.78, 5) is 15.4. The van der Waals surface area contributed by atoms with Gasteiger partial charge in [-0.1, -0.05) is 19.1 Å². The van der Waals surface area contributed by atoms with Gasteiger partial charge in [0, 0.05) is 29.1 Å². The number of aromatic nitrogens is 1. The minimum Gasteiger partial charge on any atom is -0.496 e. The average Bonchev–Trinajstić information content (AvgIpc) is 3.27. The number of aromatic carboxylic acids is 1. The molecular formula is C25H28N2O7S2. The quantitative estimate of drug-likeness (QED) is 0.412. The zero-order valence-corrected chi connectivity index (χ0v) is 22.1. The summed E-state index contributed by atoms with van der Waals surface area (Å²) in [5.41, 5.74) is 2.28. The van der Waals surface area contributed by atoms with Crippen molar-refractivity contribution in [2.45, 2.75) is 31.7 Å². The van der Waals surface area contributed by atoms with Gasteiger partial charge in [0.1, 0.15) is 18.1 Å². The number of benzene rings is 2. The highest BCUT2D eigenvalue weighted by Crippen LogP contribution is 2.41. The molecule has 1 saturated heterocycles. The second-order valence-corrected chi connectivity index (χ2v) is 12.0. The lowest BCUT2D eigenvalue weighted by Crippen LogP contribution is -2.50. The fourth-order valence-electron chi connectivity index (χ4n) is 3.82. The van der Waals surface area contributed by atoms with E-state index in [2.05, 4.69) is 4.98 Å². The molecule has 0 unspecified atom stereocenters. The maximum Gasteiger partial charge on any atom is 0.335 e. The Morgan fingerprint density at radius 3 is 2.42 bits per heavy atom. The van der Waals surface area contributed by atoms with Crippen molar-refractivity contribution in [1.29, 1.82) is 0 Å². The lowest BCUT2D eigenvalue weighted by molar-refractivity contribution is -0.0941. The summed E-state index contributed by atoms with van der Waals surface area (Å²) in [5, 5.41) is 10.8. The van der Waals surface area contributed by atoms with Gasteiger partial charge in [-0.3, -0.25) is 4.31 Å². The molecule has 1 aliphatic rings. The average molecular weight is 533 g/mol. The maximum atomic E-state index is 13.8. The fourth-order valence-corrected chi connectivity index (χ4v) is 6.58. The highest BCUT2D eigenvalue weighted by Gasteiger charge is 2.41. The van der Waals surface area contributed by atoms with E-state index in [1.165, 1.54) is 23.5 Å². The van der Waals surface area contributed by atoms with Crippen LogP contribution in [-0.4, -0.2) is 51.3 Å². The SMILES string of the molecule is COc1cc(OCc2ccc(C(=O)O)cc2)c(N(CC2(C)COC2)S(=O)(=O)c2nc(C)cs2)cc1C. The molecule has 192 valence electrons. The number of aryl methyl sites for hydroxylation is 2. The largest absolute Gasteiger partial charge is 0.496 e. The molecule has 9 nitrogen and oxygen atoms in total. The number of ether oxygens (including phenoxy) is 3. The molecule has 0 bridgehead atoms. The van der Waals surface area contributed by atoms with Gasteiger partial charge in [0.05, 0.1) is 31.6 Å². The minimum atomic E-state index is -4.00. The predicted octanol–water partition coefficient (Wildman–Crippen LogP) is 4.28. The van der Waals surface area contributed by atoms with Crippen LogP contribution in [0.25, 0.3) is 0 Å². The van der Waals surface area contributed by atoms with Crippen LogP contribution in [0.3, 0.4) is 0 Å². The highest BCUT2D eigenvalue weighted by molar-refractivity contribution is 7.94. The van der Waals surface area contributed by atoms with Crippen molar-refractivity contribution >= 4 is 33.0 Å². The molecule has 0 saturated carbocycles. The summed E-state index contributed by atoms with van der Waals surface area (Å²) in [6, 6.07) is 9.73. The van der Waals surface area contributed by atoms with Crippen LogP contribution in [0.5, 0.6) is 11.5 Å². The number of sulfonamides is 1. The van der Waals surface area contributed by atoms with Gasteiger partial charge in [0.15, 0.2) is 0 Å². The maximum absolute atomic E-state index is 13.8. The zero-order valence-electron chi connectivity index (χ0n) is 20.5. The summed E-state index contributed by atoms with van der Waals surface area (Å²) in [6.07, 6.45) is 0. The second-order valence-electron chi connectivity index (χ2n) is 9.15. The van der Waals surface area contributed by atoms with Gasteiger partial charge in [-0.15, -0.1) is 11.3 Å². The Bertz CT molecular complexity index is 1360. The minimum absolute atomic E-state index is 0.00697. The third-order valence-electron chi connectivity index (χ3n) is 5.88. The van der Waals surface area contributed by atoms with Crippen molar-refractivity contribution in [3.63, 3.8) is 0 Å². The van der Waals surface area contributed by atoms with Crippen molar-refractivity contribution in [2.75, 3.05) is 31.2 Å². The van der Waals surface area contributed by atoms with Gasteiger partial charge >= 0.3 is 5.97 Å². The lowest BCUT2D eigenvalue weighted by atomic mass is 9.88. The van der Waals surface area contributed by atoms with E-state index in [9.17, 15) is 13.2 Å². The first kappa shape index (κ1) is 25.9. The Hall–Kier alpha value is -3.15. The number of nitrogens with zero attached hydrogens (tertiary/aromatic N) is 2. The summed E-state index contributed by atoms with van der Waals surface area (Å²) in [6.45, 7) is 6.74. The number of hydrogen-bond acceptors (Lipinski definition) is 8. The highest BCUT2D eigenvalue weighted by atomic mass is 32.2. The number of anilines is 1. The fraction of sp³-hybridized carbons (Fsp3) is 0.360. The molecule has 11 heteroatoms. The van der Waals surface area contributed by atoms with Gasteiger partial charge in [0.25, 0.3) is 10.0 Å². The number of methoxy groups -OCH3 is 1. The molecule has 2 aromatic carbocycles. The summed E-state index contributed by atoms with van der Waals surface area (Å²) >= 11 is 1.08. The molecule has 2 heterocycles. The third kappa shape index (κ3) is 5.32. The molecule has 0 radical (unpaired) electrons. The van der Waals surface area contributed by atoms with Crippen LogP contribution in [-0.2, 0) is 21.4 Å². The van der Waals surface area contributed by atoms with Gasteiger partial charge in [-0.05, 0) is 43.2 Å². The third-order valence-corrected chi connectivity index (χ3v) is 8.99. The Labute approximate surface area is 214 Å². The summed E-state index contributed by atoms with van der Waals surface area (Å²) < 4.78 is 46.0. The molecule has 0 atom stereocenters. The van der Waals surface area contributed by atoms with Gasteiger partial charge in [-0.2, -0.15) is 8.42 Å². The smallest absolute Gasteiger partial charge is 0.335 e. The van der Waals surface area contributed by atoms with E-state index in [4.69, 9.17) is 19.3 Å². The molecule has 1 N–H and O–H groups in total. The van der Waals surface area contributed by atoms with Crippen LogP contribution < -0.4 is 13.8 Å². The molecular weight excluding hydrogens is 504 g/mol. The van der Waals surface area contributed by atoms with Crippen molar-refractivity contribution in [1.82, 2.24) is 4.98 Å². The van der Waals surface area contributed by atoms with E-state index in [-0.39, 0.29) is 28.5 Å². The standard InChI is InChI=1S/C25H28N2O7S2/c1-16-9-20(22(10-21(16)32-4)34-11-18-5-7-19(8-6-18)23(28)29)27(13-25(3)14-33-15-25)36(30,31)24-26-17(2)12-35-24/h5-10,12H,11,13-15H2,1-4H3,(H,28,29). The Balaban J connectivity index is 1.75. The molecule has 3 aromatic rings. The van der Waals surface area contributed by atoms with Crippen molar-refractivity contribution in [3.05, 3.63) is 64.2 Å². The Morgan fingerprint density at radius 2 is 1.89 bits per heavy atom. The van der Waals surface area contributed by atoms with Crippen molar-refractivity contribution < 1.29 is 32.5 Å². The van der Waals surface area contributed by atoms with Gasteiger partial charge in [-0.25, -0.2) is 9.78 Å². The van der Waals surface area contributed by atoms with E-state index in [0.717, 1.165) is 22.5 Å². The van der Waals surface area contributed by atoms with E-state index < -0.39 is 16.0 Å². The molecule has 36 heavy (non-hydrogen) atoms. The summed E-state index contributed by atoms with van der Waals surface area (Å²) in [7, 11) is -2.46. The van der Waals surface area contributed by atoms with Crippen LogP contribution >= 0.6 is 11.3 Å². The molecule has 0 aliphatic carbocycles. The normalized spacial score (nSPS) is 14.7. The number of rotatable bonds is 10. The Morgan fingerprint density at radius 1 is 1.19 bits per heavy atom. The number of carboxylic acid groups (broad SMARTS) is 1. The lowest BCUT2D eigenvalue weighted by Gasteiger charge is -2.42. The van der Waals surface area contributed by atoms with E-state index in [1.54, 1.807) is 36.6 Å². The molecule has 0 spiro atoms. The number of hydrogen-bond donors (Lipinski definition) is 1. The van der Waals surface area contributed by atoms with Crippen molar-refractivity contribution in [3.8, 4) is 11.5 Å². The zero-order chi connectivity index (χ0) is 26.1. The molecule has 1 aliphatic heterocycles. The Kier molecular flexibility index (Phi) is 7.26. The van der Waals surface area contributed by atoms with Crippen LogP contribution in [0, 0.1) is 19.3 Å². The van der Waals surface area contributed by atoms with E-state index in [1.807, 2.05) is 13.8 Å². The van der Waals surface area contributed by atoms with Gasteiger partial charge < -0.3 is 19.3 Å². The number of carbonyl (C=O) groups is 1. The number of carboxylic acids is 1. The van der Waals surface area contributed by atoms with Crippen LogP contribution in [0.4, 0.5) is 5.69 Å². The first-order valence-electron chi connectivity index (χ1n) is 11.2. The van der Waals surface area contributed by atoms with Crippen LogP contribution in [0.2, 0.25) is 0 Å². The first-order chi connectivity index (χ1) is 17.0. The van der Waals surface area contributed by atoms with Crippen LogP contribution in [0.15, 0.2) is 46.1 Å².